The van der Waals surface area contributed by atoms with E-state index in [0.717, 1.165) is 5.56 Å². The smallest absolute Gasteiger partial charge is 0.347 e. The molecule has 1 aromatic heterocycles. The third-order valence-electron chi connectivity index (χ3n) is 3.66. The normalized spacial score (nSPS) is 10.4. The Kier molecular flexibility index (Phi) is 4.52. The van der Waals surface area contributed by atoms with Crippen molar-refractivity contribution in [2.45, 2.75) is 6.54 Å². The maximum Gasteiger partial charge on any atom is 0.347 e. The lowest BCUT2D eigenvalue weighted by atomic mass is 10.1. The molecule has 0 unspecified atom stereocenters. The second-order valence-corrected chi connectivity index (χ2v) is 5.30. The van der Waals surface area contributed by atoms with E-state index >= 15 is 0 Å². The Morgan fingerprint density at radius 1 is 1.04 bits per heavy atom. The zero-order valence-corrected chi connectivity index (χ0v) is 13.2. The number of carbonyl (C=O) groups excluding carboxylic acids is 1. The van der Waals surface area contributed by atoms with Crippen LogP contribution in [0.4, 0.5) is 0 Å². The zero-order valence-electron chi connectivity index (χ0n) is 13.2. The molecular formula is C19H16N2O3. The Morgan fingerprint density at radius 3 is 2.42 bits per heavy atom. The van der Waals surface area contributed by atoms with Gasteiger partial charge in [0.25, 0.3) is 0 Å². The first kappa shape index (κ1) is 15.7. The fourth-order valence-electron chi connectivity index (χ4n) is 2.38. The van der Waals surface area contributed by atoms with Crippen LogP contribution in [-0.4, -0.2) is 22.4 Å². The molecule has 0 aliphatic rings. The molecule has 0 saturated heterocycles. The average Bonchev–Trinajstić information content (AvgIpc) is 2.64. The highest BCUT2D eigenvalue weighted by Gasteiger charge is 2.12. The lowest BCUT2D eigenvalue weighted by molar-refractivity contribution is 0.103. The van der Waals surface area contributed by atoms with Gasteiger partial charge in [-0.1, -0.05) is 30.3 Å². The van der Waals surface area contributed by atoms with E-state index < -0.39 is 0 Å². The van der Waals surface area contributed by atoms with Crippen LogP contribution in [0.3, 0.4) is 0 Å². The van der Waals surface area contributed by atoms with E-state index in [4.69, 9.17) is 4.74 Å². The van der Waals surface area contributed by atoms with Crippen LogP contribution in [-0.2, 0) is 6.54 Å². The first-order valence-corrected chi connectivity index (χ1v) is 7.46. The van der Waals surface area contributed by atoms with Gasteiger partial charge in [-0.05, 0) is 29.8 Å². The van der Waals surface area contributed by atoms with Crippen molar-refractivity contribution in [3.8, 4) is 5.75 Å². The second kappa shape index (κ2) is 6.91. The number of nitrogens with zero attached hydrogens (tertiary/aromatic N) is 2. The molecule has 0 spiro atoms. The monoisotopic (exact) mass is 320 g/mol. The number of aromatic nitrogens is 2. The van der Waals surface area contributed by atoms with Crippen LogP contribution < -0.4 is 10.4 Å². The Hall–Kier alpha value is -3.21. The van der Waals surface area contributed by atoms with Gasteiger partial charge in [0.15, 0.2) is 5.78 Å². The van der Waals surface area contributed by atoms with E-state index in [2.05, 4.69) is 4.98 Å². The summed E-state index contributed by atoms with van der Waals surface area (Å²) in [4.78, 5) is 28.3. The highest BCUT2D eigenvalue weighted by Crippen LogP contribution is 2.14. The number of rotatable bonds is 5. The Balaban J connectivity index is 1.89. The van der Waals surface area contributed by atoms with E-state index in [9.17, 15) is 9.59 Å². The Morgan fingerprint density at radius 2 is 1.75 bits per heavy atom. The zero-order chi connectivity index (χ0) is 16.9. The molecule has 0 aliphatic heterocycles. The number of hydrogen-bond donors (Lipinski definition) is 0. The molecule has 3 rings (SSSR count). The summed E-state index contributed by atoms with van der Waals surface area (Å²) in [7, 11) is 1.57. The van der Waals surface area contributed by atoms with Gasteiger partial charge in [-0.15, -0.1) is 0 Å². The summed E-state index contributed by atoms with van der Waals surface area (Å²) in [6.07, 6.45) is 2.87. The van der Waals surface area contributed by atoms with Crippen LogP contribution in [0, 0.1) is 0 Å². The number of carbonyl (C=O) groups is 1. The van der Waals surface area contributed by atoms with Crippen LogP contribution in [0.1, 0.15) is 21.5 Å². The molecule has 5 heteroatoms. The Bertz CT molecular complexity index is 900. The highest BCUT2D eigenvalue weighted by atomic mass is 16.5. The number of ether oxygens (including phenoxy) is 1. The Labute approximate surface area is 139 Å². The van der Waals surface area contributed by atoms with Crippen molar-refractivity contribution in [3.05, 3.63) is 94.2 Å². The fraction of sp³-hybridized carbons (Fsp3) is 0.105. The van der Waals surface area contributed by atoms with Crippen LogP contribution in [0.2, 0.25) is 0 Å². The first-order valence-electron chi connectivity index (χ1n) is 7.46. The predicted octanol–water partition coefficient (Wildman–Crippen LogP) is 2.53. The standard InChI is InChI=1S/C19H16N2O3/c1-24-17-9-7-15(8-10-17)18(22)16-11-20-19(23)21(13-16)12-14-5-3-2-4-6-14/h2-11,13H,12H2,1H3. The summed E-state index contributed by atoms with van der Waals surface area (Å²) >= 11 is 0. The molecule has 0 atom stereocenters. The number of hydrogen-bond acceptors (Lipinski definition) is 4. The average molecular weight is 320 g/mol. The van der Waals surface area contributed by atoms with Gasteiger partial charge >= 0.3 is 5.69 Å². The summed E-state index contributed by atoms with van der Waals surface area (Å²) in [5, 5.41) is 0. The van der Waals surface area contributed by atoms with Crippen molar-refractivity contribution >= 4 is 5.78 Å². The minimum atomic E-state index is -0.384. The molecule has 0 aliphatic carbocycles. The van der Waals surface area contributed by atoms with Gasteiger partial charge in [0.1, 0.15) is 5.75 Å². The van der Waals surface area contributed by atoms with Crippen molar-refractivity contribution in [3.63, 3.8) is 0 Å². The SMILES string of the molecule is COc1ccc(C(=O)c2cnc(=O)n(Cc3ccccc3)c2)cc1. The van der Waals surface area contributed by atoms with Crippen molar-refractivity contribution in [1.29, 1.82) is 0 Å². The minimum Gasteiger partial charge on any atom is -0.497 e. The van der Waals surface area contributed by atoms with Gasteiger partial charge in [0.05, 0.1) is 19.2 Å². The third kappa shape index (κ3) is 3.41. The molecule has 0 N–H and O–H groups in total. The van der Waals surface area contributed by atoms with Gasteiger partial charge in [0, 0.05) is 18.0 Å². The minimum absolute atomic E-state index is 0.188. The van der Waals surface area contributed by atoms with E-state index in [1.807, 2.05) is 30.3 Å². The first-order chi connectivity index (χ1) is 11.7. The van der Waals surface area contributed by atoms with Crippen LogP contribution >= 0.6 is 0 Å². The number of benzene rings is 2. The predicted molar refractivity (Wildman–Crippen MR) is 90.5 cm³/mol. The fourth-order valence-corrected chi connectivity index (χ4v) is 2.38. The molecule has 3 aromatic rings. The molecule has 2 aromatic carbocycles. The van der Waals surface area contributed by atoms with Crippen LogP contribution in [0.25, 0.3) is 0 Å². The van der Waals surface area contributed by atoms with Crippen molar-refractivity contribution in [2.24, 2.45) is 0 Å². The quantitative estimate of drug-likeness (QED) is 0.678. The summed E-state index contributed by atoms with van der Waals surface area (Å²) in [5.41, 5.74) is 1.47. The molecule has 0 amide bonds. The molecule has 120 valence electrons. The molecule has 24 heavy (non-hydrogen) atoms. The molecule has 0 fully saturated rings. The number of ketones is 1. The lowest BCUT2D eigenvalue weighted by Crippen LogP contribution is -2.24. The molecule has 0 radical (unpaired) electrons. The molecule has 1 heterocycles. The van der Waals surface area contributed by atoms with Crippen LogP contribution in [0.5, 0.6) is 5.75 Å². The van der Waals surface area contributed by atoms with Gasteiger partial charge in [0.2, 0.25) is 0 Å². The maximum absolute atomic E-state index is 12.6. The van der Waals surface area contributed by atoms with Crippen LogP contribution in [0.15, 0.2) is 71.8 Å². The van der Waals surface area contributed by atoms with E-state index in [1.165, 1.54) is 10.8 Å². The van der Waals surface area contributed by atoms with E-state index in [0.29, 0.717) is 23.4 Å². The van der Waals surface area contributed by atoms with Gasteiger partial charge < -0.3 is 4.74 Å². The van der Waals surface area contributed by atoms with Gasteiger partial charge in [-0.25, -0.2) is 9.78 Å². The van der Waals surface area contributed by atoms with Crippen molar-refractivity contribution in [2.75, 3.05) is 7.11 Å². The number of methoxy groups -OCH3 is 1. The largest absolute Gasteiger partial charge is 0.497 e. The molecule has 0 saturated carbocycles. The van der Waals surface area contributed by atoms with E-state index in [-0.39, 0.29) is 11.5 Å². The molecule has 0 bridgehead atoms. The maximum atomic E-state index is 12.6. The van der Waals surface area contributed by atoms with Gasteiger partial charge in [-0.3, -0.25) is 9.36 Å². The summed E-state index contributed by atoms with van der Waals surface area (Å²) in [6.45, 7) is 0.371. The molecular weight excluding hydrogens is 304 g/mol. The van der Waals surface area contributed by atoms with E-state index in [1.54, 1.807) is 37.6 Å². The summed E-state index contributed by atoms with van der Waals surface area (Å²) < 4.78 is 6.52. The van der Waals surface area contributed by atoms with Crippen molar-refractivity contribution in [1.82, 2.24) is 9.55 Å². The second-order valence-electron chi connectivity index (χ2n) is 5.30. The van der Waals surface area contributed by atoms with Crippen molar-refractivity contribution < 1.29 is 9.53 Å². The topological polar surface area (TPSA) is 61.2 Å². The highest BCUT2D eigenvalue weighted by molar-refractivity contribution is 6.08. The lowest BCUT2D eigenvalue weighted by Gasteiger charge is -2.08. The van der Waals surface area contributed by atoms with Gasteiger partial charge in [-0.2, -0.15) is 0 Å². The third-order valence-corrected chi connectivity index (χ3v) is 3.66. The summed E-state index contributed by atoms with van der Waals surface area (Å²) in [5.74, 6) is 0.491. The molecule has 5 nitrogen and oxygen atoms in total. The summed E-state index contributed by atoms with van der Waals surface area (Å²) in [6, 6.07) is 16.4.